The van der Waals surface area contributed by atoms with Crippen molar-refractivity contribution in [2.24, 2.45) is 11.5 Å². The number of hydrogen-bond acceptors (Lipinski definition) is 2. The van der Waals surface area contributed by atoms with Gasteiger partial charge in [-0.15, -0.1) is 0 Å². The van der Waals surface area contributed by atoms with E-state index in [1.807, 2.05) is 13.8 Å². The van der Waals surface area contributed by atoms with Crippen molar-refractivity contribution in [2.45, 2.75) is 32.4 Å². The van der Waals surface area contributed by atoms with Gasteiger partial charge in [0.1, 0.15) is 6.67 Å². The average molecular weight is 160 g/mol. The van der Waals surface area contributed by atoms with Crippen LogP contribution in [0.5, 0.6) is 0 Å². The lowest BCUT2D eigenvalue weighted by atomic mass is 10.1. The van der Waals surface area contributed by atoms with E-state index < -0.39 is 12.7 Å². The molecule has 0 saturated carbocycles. The normalized spacial score (nSPS) is 18.1. The van der Waals surface area contributed by atoms with Crippen LogP contribution in [0, 0.1) is 0 Å². The maximum absolute atomic E-state index is 11.9. The molecular formula is C8H17FN2. The molecule has 0 aliphatic heterocycles. The lowest BCUT2D eigenvalue weighted by Gasteiger charge is -2.10. The number of hydrogen-bond donors (Lipinski definition) is 2. The van der Waals surface area contributed by atoms with Gasteiger partial charge in [0, 0.05) is 6.04 Å². The summed E-state index contributed by atoms with van der Waals surface area (Å²) in [5.74, 6) is 0. The lowest BCUT2D eigenvalue weighted by molar-refractivity contribution is 0.463. The zero-order valence-corrected chi connectivity index (χ0v) is 7.18. The highest BCUT2D eigenvalue weighted by Crippen LogP contribution is 2.03. The Hall–Kier alpha value is -0.410. The molecule has 4 N–H and O–H groups in total. The second kappa shape index (κ2) is 5.27. The molecule has 0 radical (unpaired) electrons. The first-order valence-electron chi connectivity index (χ1n) is 3.87. The summed E-state index contributed by atoms with van der Waals surface area (Å²) in [6, 6.07) is -0.472. The van der Waals surface area contributed by atoms with Crippen LogP contribution in [0.3, 0.4) is 0 Å². The summed E-state index contributed by atoms with van der Waals surface area (Å²) < 4.78 is 11.9. The van der Waals surface area contributed by atoms with Crippen LogP contribution >= 0.6 is 0 Å². The highest BCUT2D eigenvalue weighted by atomic mass is 19.1. The molecule has 0 bridgehead atoms. The van der Waals surface area contributed by atoms with Crippen molar-refractivity contribution in [3.8, 4) is 0 Å². The minimum Gasteiger partial charge on any atom is -0.324 e. The van der Waals surface area contributed by atoms with Crippen molar-refractivity contribution in [1.82, 2.24) is 0 Å². The van der Waals surface area contributed by atoms with Crippen molar-refractivity contribution in [3.05, 3.63) is 11.6 Å². The summed E-state index contributed by atoms with van der Waals surface area (Å²) >= 11 is 0. The summed E-state index contributed by atoms with van der Waals surface area (Å²) in [5.41, 5.74) is 12.0. The highest BCUT2D eigenvalue weighted by molar-refractivity contribution is 5.09. The molecule has 2 atom stereocenters. The van der Waals surface area contributed by atoms with Crippen LogP contribution in [0.15, 0.2) is 11.6 Å². The van der Waals surface area contributed by atoms with Gasteiger partial charge in [-0.1, -0.05) is 18.6 Å². The standard InChI is InChI=1S/C8H17FN2/c1-3-8(11)6(2)4-7(10)5-9/h4,7-8H,3,5,10-11H2,1-2H3/b6-4+. The molecule has 66 valence electrons. The number of nitrogens with two attached hydrogens (primary N) is 2. The molecule has 3 heteroatoms. The molecule has 0 aromatic rings. The molecule has 0 amide bonds. The minimum atomic E-state index is -0.520. The smallest absolute Gasteiger partial charge is 0.108 e. The predicted octanol–water partition coefficient (Wildman–Crippen LogP) is 0.967. The molecular weight excluding hydrogens is 143 g/mol. The molecule has 2 nitrogen and oxygen atoms in total. The second-order valence-electron chi connectivity index (χ2n) is 2.74. The van der Waals surface area contributed by atoms with Gasteiger partial charge in [0.05, 0.1) is 6.04 Å². The Kier molecular flexibility index (Phi) is 5.07. The Morgan fingerprint density at radius 3 is 2.45 bits per heavy atom. The van der Waals surface area contributed by atoms with Gasteiger partial charge in [-0.25, -0.2) is 4.39 Å². The Bertz CT molecular complexity index is 134. The molecule has 0 aliphatic carbocycles. The van der Waals surface area contributed by atoms with Crippen molar-refractivity contribution in [1.29, 1.82) is 0 Å². The van der Waals surface area contributed by atoms with Crippen molar-refractivity contribution < 1.29 is 4.39 Å². The summed E-state index contributed by atoms with van der Waals surface area (Å²) in [4.78, 5) is 0. The maximum Gasteiger partial charge on any atom is 0.108 e. The Balaban J connectivity index is 3.98. The van der Waals surface area contributed by atoms with Gasteiger partial charge >= 0.3 is 0 Å². The molecule has 0 aromatic heterocycles. The van der Waals surface area contributed by atoms with Crippen molar-refractivity contribution in [2.75, 3.05) is 6.67 Å². The molecule has 2 unspecified atom stereocenters. The van der Waals surface area contributed by atoms with E-state index in [-0.39, 0.29) is 6.04 Å². The van der Waals surface area contributed by atoms with E-state index in [1.54, 1.807) is 6.08 Å². The van der Waals surface area contributed by atoms with Crippen LogP contribution in [-0.2, 0) is 0 Å². The fraction of sp³-hybridized carbons (Fsp3) is 0.750. The fourth-order valence-corrected chi connectivity index (χ4v) is 0.828. The van der Waals surface area contributed by atoms with E-state index in [0.29, 0.717) is 0 Å². The Labute approximate surface area is 67.4 Å². The van der Waals surface area contributed by atoms with Crippen LogP contribution in [0.2, 0.25) is 0 Å². The van der Waals surface area contributed by atoms with Crippen LogP contribution in [-0.4, -0.2) is 18.8 Å². The van der Waals surface area contributed by atoms with E-state index in [0.717, 1.165) is 12.0 Å². The Morgan fingerprint density at radius 2 is 2.09 bits per heavy atom. The van der Waals surface area contributed by atoms with Crippen molar-refractivity contribution in [3.63, 3.8) is 0 Å². The number of rotatable bonds is 4. The molecule has 0 rings (SSSR count). The van der Waals surface area contributed by atoms with Gasteiger partial charge < -0.3 is 11.5 Å². The molecule has 0 aliphatic rings. The Morgan fingerprint density at radius 1 is 1.55 bits per heavy atom. The zero-order valence-electron chi connectivity index (χ0n) is 7.18. The van der Waals surface area contributed by atoms with E-state index >= 15 is 0 Å². The maximum atomic E-state index is 11.9. The predicted molar refractivity (Wildman–Crippen MR) is 46.0 cm³/mol. The minimum absolute atomic E-state index is 0.0209. The topological polar surface area (TPSA) is 52.0 Å². The van der Waals surface area contributed by atoms with E-state index in [1.165, 1.54) is 0 Å². The summed E-state index contributed by atoms with van der Waals surface area (Å²) in [7, 11) is 0. The molecule has 0 saturated heterocycles. The third kappa shape index (κ3) is 4.11. The van der Waals surface area contributed by atoms with Crippen molar-refractivity contribution >= 4 is 0 Å². The molecule has 0 aromatic carbocycles. The van der Waals surface area contributed by atoms with Crippen LogP contribution in [0.25, 0.3) is 0 Å². The number of halogens is 1. The lowest BCUT2D eigenvalue weighted by Crippen LogP contribution is -2.25. The van der Waals surface area contributed by atoms with Crippen LogP contribution < -0.4 is 11.5 Å². The average Bonchev–Trinajstić information content (AvgIpc) is 2.02. The largest absolute Gasteiger partial charge is 0.324 e. The van der Waals surface area contributed by atoms with Gasteiger partial charge in [0.25, 0.3) is 0 Å². The quantitative estimate of drug-likeness (QED) is 0.602. The van der Waals surface area contributed by atoms with Crippen LogP contribution in [0.4, 0.5) is 4.39 Å². The highest BCUT2D eigenvalue weighted by Gasteiger charge is 2.03. The van der Waals surface area contributed by atoms with Gasteiger partial charge in [-0.05, 0) is 13.3 Å². The van der Waals surface area contributed by atoms with Gasteiger partial charge in [0.15, 0.2) is 0 Å². The van der Waals surface area contributed by atoms with Gasteiger partial charge in [0.2, 0.25) is 0 Å². The zero-order chi connectivity index (χ0) is 8.85. The molecule has 0 spiro atoms. The molecule has 0 heterocycles. The molecule has 0 fully saturated rings. The SMILES string of the molecule is CCC(N)/C(C)=C/C(N)CF. The van der Waals surface area contributed by atoms with E-state index in [9.17, 15) is 4.39 Å². The summed E-state index contributed by atoms with van der Waals surface area (Å²) in [5, 5.41) is 0. The summed E-state index contributed by atoms with van der Waals surface area (Å²) in [6.45, 7) is 3.35. The van der Waals surface area contributed by atoms with Gasteiger partial charge in [-0.2, -0.15) is 0 Å². The van der Waals surface area contributed by atoms with E-state index in [2.05, 4.69) is 0 Å². The monoisotopic (exact) mass is 160 g/mol. The third-order valence-electron chi connectivity index (χ3n) is 1.68. The first-order valence-corrected chi connectivity index (χ1v) is 3.87. The van der Waals surface area contributed by atoms with E-state index in [4.69, 9.17) is 11.5 Å². The third-order valence-corrected chi connectivity index (χ3v) is 1.68. The second-order valence-corrected chi connectivity index (χ2v) is 2.74. The summed E-state index contributed by atoms with van der Waals surface area (Å²) in [6.07, 6.45) is 2.55. The first kappa shape index (κ1) is 10.6. The number of alkyl halides is 1. The van der Waals surface area contributed by atoms with Gasteiger partial charge in [-0.3, -0.25) is 0 Å². The fourth-order valence-electron chi connectivity index (χ4n) is 0.828. The van der Waals surface area contributed by atoms with Crippen LogP contribution in [0.1, 0.15) is 20.3 Å². The molecule has 11 heavy (non-hydrogen) atoms. The first-order chi connectivity index (χ1) is 5.11.